The van der Waals surface area contributed by atoms with Gasteiger partial charge in [-0.15, -0.1) is 0 Å². The Bertz CT molecular complexity index is 1710. The van der Waals surface area contributed by atoms with Crippen molar-refractivity contribution in [1.82, 2.24) is 9.47 Å². The Morgan fingerprint density at radius 1 is 1.17 bits per heavy atom. The van der Waals surface area contributed by atoms with Gasteiger partial charge in [-0.3, -0.25) is 14.2 Å². The molecule has 1 atom stereocenters. The van der Waals surface area contributed by atoms with Crippen LogP contribution < -0.4 is 24.4 Å². The summed E-state index contributed by atoms with van der Waals surface area (Å²) in [7, 11) is 1.52. The lowest BCUT2D eigenvalue weighted by Crippen LogP contribution is -2.42. The minimum absolute atomic E-state index is 0.0624. The highest BCUT2D eigenvalue weighted by molar-refractivity contribution is 7.07. The van der Waals surface area contributed by atoms with Gasteiger partial charge in [0.15, 0.2) is 11.4 Å². The minimum Gasteiger partial charge on any atom is -0.496 e. The molecule has 2 aliphatic heterocycles. The van der Waals surface area contributed by atoms with Crippen LogP contribution in [0.1, 0.15) is 31.0 Å². The molecule has 0 bridgehead atoms. The van der Waals surface area contributed by atoms with Gasteiger partial charge in [0.2, 0.25) is 0 Å². The van der Waals surface area contributed by atoms with Gasteiger partial charge in [0, 0.05) is 23.7 Å². The zero-order valence-corrected chi connectivity index (χ0v) is 25.0. The summed E-state index contributed by atoms with van der Waals surface area (Å²) in [5.74, 6) is 0.353. The SMILES string of the molecule is CCOC(=O)C1=C(C)N=c2s/c(=C\c3ccc(OCC(=O)N4CCOCC4)cc3)c(=O)n2[C@@H]1c1cc(Cl)ccc1OC. The Morgan fingerprint density at radius 2 is 1.90 bits per heavy atom. The van der Waals surface area contributed by atoms with Crippen LogP contribution >= 0.6 is 22.9 Å². The van der Waals surface area contributed by atoms with Gasteiger partial charge in [-0.1, -0.05) is 35.1 Å². The number of carbonyl (C=O) groups is 2. The second-order valence-corrected chi connectivity index (χ2v) is 11.0. The molecule has 5 rings (SSSR count). The largest absolute Gasteiger partial charge is 0.496 e. The summed E-state index contributed by atoms with van der Waals surface area (Å²) in [4.78, 5) is 46.1. The topological polar surface area (TPSA) is 109 Å². The lowest BCUT2D eigenvalue weighted by molar-refractivity contribution is -0.139. The van der Waals surface area contributed by atoms with E-state index in [0.717, 1.165) is 5.56 Å². The van der Waals surface area contributed by atoms with E-state index in [4.69, 9.17) is 30.5 Å². The maximum Gasteiger partial charge on any atom is 0.338 e. The Morgan fingerprint density at radius 3 is 2.60 bits per heavy atom. The summed E-state index contributed by atoms with van der Waals surface area (Å²) in [5.41, 5.74) is 1.66. The summed E-state index contributed by atoms with van der Waals surface area (Å²) >= 11 is 7.57. The summed E-state index contributed by atoms with van der Waals surface area (Å²) < 4.78 is 23.8. The number of fused-ring (bicyclic) bond motifs is 1. The fourth-order valence-electron chi connectivity index (χ4n) is 4.87. The maximum absolute atomic E-state index is 13.9. The van der Waals surface area contributed by atoms with E-state index in [2.05, 4.69) is 4.99 Å². The molecule has 0 aliphatic carbocycles. The quantitative estimate of drug-likeness (QED) is 0.360. The molecule has 3 heterocycles. The average Bonchev–Trinajstić information content (AvgIpc) is 3.30. The fraction of sp³-hybridized carbons (Fsp3) is 0.333. The molecule has 12 heteroatoms. The molecule has 0 unspecified atom stereocenters. The predicted octanol–water partition coefficient (Wildman–Crippen LogP) is 2.70. The number of halogens is 1. The van der Waals surface area contributed by atoms with Crippen molar-refractivity contribution in [3.63, 3.8) is 0 Å². The number of hydrogen-bond acceptors (Lipinski definition) is 9. The number of amides is 1. The summed E-state index contributed by atoms with van der Waals surface area (Å²) in [6.45, 7) is 5.72. The first-order valence-corrected chi connectivity index (χ1v) is 14.6. The fourth-order valence-corrected chi connectivity index (χ4v) is 6.09. The molecule has 1 amide bonds. The van der Waals surface area contributed by atoms with E-state index in [0.29, 0.717) is 63.4 Å². The van der Waals surface area contributed by atoms with Crippen LogP contribution in [-0.2, 0) is 19.1 Å². The highest BCUT2D eigenvalue weighted by Gasteiger charge is 2.35. The Balaban J connectivity index is 1.48. The lowest BCUT2D eigenvalue weighted by atomic mass is 9.95. The molecule has 220 valence electrons. The molecule has 1 aromatic heterocycles. The van der Waals surface area contributed by atoms with Gasteiger partial charge in [0.25, 0.3) is 11.5 Å². The molecule has 2 aliphatic rings. The van der Waals surface area contributed by atoms with Gasteiger partial charge in [-0.25, -0.2) is 9.79 Å². The number of aromatic nitrogens is 1. The van der Waals surface area contributed by atoms with Crippen molar-refractivity contribution in [3.05, 3.63) is 89.6 Å². The number of rotatable bonds is 8. The van der Waals surface area contributed by atoms with E-state index in [1.165, 1.54) is 23.0 Å². The highest BCUT2D eigenvalue weighted by atomic mass is 35.5. The van der Waals surface area contributed by atoms with Gasteiger partial charge in [0.1, 0.15) is 17.5 Å². The monoisotopic (exact) mass is 611 g/mol. The van der Waals surface area contributed by atoms with Crippen LogP contribution in [0.15, 0.2) is 63.5 Å². The molecule has 1 fully saturated rings. The predicted molar refractivity (Wildman–Crippen MR) is 158 cm³/mol. The molecule has 0 spiro atoms. The number of esters is 1. The van der Waals surface area contributed by atoms with Crippen LogP contribution in [0.5, 0.6) is 11.5 Å². The van der Waals surface area contributed by atoms with Crippen molar-refractivity contribution in [3.8, 4) is 11.5 Å². The minimum atomic E-state index is -0.851. The van der Waals surface area contributed by atoms with E-state index >= 15 is 0 Å². The number of nitrogens with zero attached hydrogens (tertiary/aromatic N) is 3. The van der Waals surface area contributed by atoms with E-state index < -0.39 is 12.0 Å². The van der Waals surface area contributed by atoms with Gasteiger partial charge in [-0.2, -0.15) is 0 Å². The van der Waals surface area contributed by atoms with Crippen LogP contribution in [0.4, 0.5) is 0 Å². The van der Waals surface area contributed by atoms with Crippen molar-refractivity contribution in [1.29, 1.82) is 0 Å². The van der Waals surface area contributed by atoms with Crippen molar-refractivity contribution in [2.45, 2.75) is 19.9 Å². The first-order valence-electron chi connectivity index (χ1n) is 13.4. The highest BCUT2D eigenvalue weighted by Crippen LogP contribution is 2.37. The maximum atomic E-state index is 13.9. The molecule has 0 radical (unpaired) electrons. The molecule has 0 saturated carbocycles. The second-order valence-electron chi connectivity index (χ2n) is 9.54. The molecule has 2 aromatic carbocycles. The van der Waals surface area contributed by atoms with E-state index in [1.807, 2.05) is 0 Å². The van der Waals surface area contributed by atoms with Crippen molar-refractivity contribution >= 4 is 40.9 Å². The first kappa shape index (κ1) is 29.6. The third kappa shape index (κ3) is 6.13. The molecule has 10 nitrogen and oxygen atoms in total. The third-order valence-corrected chi connectivity index (χ3v) is 8.13. The third-order valence-electron chi connectivity index (χ3n) is 6.91. The summed E-state index contributed by atoms with van der Waals surface area (Å²) in [6, 6.07) is 11.3. The summed E-state index contributed by atoms with van der Waals surface area (Å²) in [5, 5.41) is 0.430. The summed E-state index contributed by atoms with van der Waals surface area (Å²) in [6.07, 6.45) is 1.75. The lowest BCUT2D eigenvalue weighted by Gasteiger charge is -2.26. The number of hydrogen-bond donors (Lipinski definition) is 0. The van der Waals surface area contributed by atoms with Crippen LogP contribution in [-0.4, -0.2) is 68.0 Å². The Hall–Kier alpha value is -3.93. The average molecular weight is 612 g/mol. The normalized spacial score (nSPS) is 17.0. The Kier molecular flexibility index (Phi) is 9.10. The second kappa shape index (κ2) is 12.9. The van der Waals surface area contributed by atoms with Crippen molar-refractivity contribution in [2.24, 2.45) is 4.99 Å². The van der Waals surface area contributed by atoms with E-state index in [-0.39, 0.29) is 30.3 Å². The van der Waals surface area contributed by atoms with Gasteiger partial charge in [0.05, 0.1) is 42.7 Å². The number of ether oxygens (including phenoxy) is 4. The van der Waals surface area contributed by atoms with Gasteiger partial charge < -0.3 is 23.8 Å². The first-order chi connectivity index (χ1) is 20.3. The molecular formula is C30H30ClN3O7S. The number of morpholine rings is 1. The van der Waals surface area contributed by atoms with Crippen LogP contribution in [0, 0.1) is 0 Å². The Labute approximate surface area is 251 Å². The van der Waals surface area contributed by atoms with E-state index in [9.17, 15) is 14.4 Å². The van der Waals surface area contributed by atoms with Crippen molar-refractivity contribution < 1.29 is 28.5 Å². The van der Waals surface area contributed by atoms with Crippen molar-refractivity contribution in [2.75, 3.05) is 46.6 Å². The zero-order valence-electron chi connectivity index (χ0n) is 23.4. The zero-order chi connectivity index (χ0) is 29.8. The van der Waals surface area contributed by atoms with Crippen LogP contribution in [0.25, 0.3) is 6.08 Å². The van der Waals surface area contributed by atoms with Crippen LogP contribution in [0.3, 0.4) is 0 Å². The number of benzene rings is 2. The van der Waals surface area contributed by atoms with Gasteiger partial charge in [-0.05, 0) is 55.8 Å². The number of carbonyl (C=O) groups excluding carboxylic acids is 2. The standard InChI is InChI=1S/C30H30ClN3O7S/c1-4-40-29(37)26-18(2)32-30-34(27(26)22-16-20(31)7-10-23(22)38-3)28(36)24(42-30)15-19-5-8-21(9-6-19)41-17-25(35)33-11-13-39-14-12-33/h5-10,15-16,27H,4,11-14,17H2,1-3H3/b24-15-/t27-/m1/s1. The van der Waals surface area contributed by atoms with Gasteiger partial charge >= 0.3 is 5.97 Å². The molecule has 3 aromatic rings. The molecule has 42 heavy (non-hydrogen) atoms. The molecule has 0 N–H and O–H groups in total. The number of allylic oxidation sites excluding steroid dienone is 1. The molecule has 1 saturated heterocycles. The molecular weight excluding hydrogens is 582 g/mol. The number of methoxy groups -OCH3 is 1. The smallest absolute Gasteiger partial charge is 0.338 e. The van der Waals surface area contributed by atoms with Crippen LogP contribution in [0.2, 0.25) is 5.02 Å². The number of thiazole rings is 1. The van der Waals surface area contributed by atoms with E-state index in [1.54, 1.807) is 67.3 Å².